The van der Waals surface area contributed by atoms with Gasteiger partial charge in [-0.2, -0.15) is 0 Å². The fraction of sp³-hybridized carbons (Fsp3) is 0.722. The number of likely N-dealkylation sites (tertiary alicyclic amines) is 2. The molecule has 1 amide bonds. The minimum Gasteiger partial charge on any atom is -0.383 e. The quantitative estimate of drug-likeness (QED) is 0.853. The Morgan fingerprint density at radius 3 is 2.84 bits per heavy atom. The van der Waals surface area contributed by atoms with E-state index in [1.807, 2.05) is 4.90 Å². The van der Waals surface area contributed by atoms with Crippen molar-refractivity contribution in [1.82, 2.24) is 19.8 Å². The molecule has 0 spiro atoms. The highest BCUT2D eigenvalue weighted by Crippen LogP contribution is 2.28. The van der Waals surface area contributed by atoms with Gasteiger partial charge in [0, 0.05) is 45.3 Å². The molecule has 2 saturated heterocycles. The summed E-state index contributed by atoms with van der Waals surface area (Å²) in [5.41, 5.74) is 0.737. The SMILES string of the molecule is COCCN1CCC[C@H](C(=O)N2CCC(c3cc(=O)[nH]cn3)CC2)C1. The van der Waals surface area contributed by atoms with Crippen LogP contribution in [0.15, 0.2) is 17.2 Å². The zero-order valence-corrected chi connectivity index (χ0v) is 14.9. The van der Waals surface area contributed by atoms with Gasteiger partial charge in [-0.3, -0.25) is 9.59 Å². The second kappa shape index (κ2) is 8.58. The molecule has 3 rings (SSSR count). The van der Waals surface area contributed by atoms with Gasteiger partial charge in [-0.1, -0.05) is 0 Å². The van der Waals surface area contributed by atoms with Crippen molar-refractivity contribution in [2.75, 3.05) is 46.4 Å². The van der Waals surface area contributed by atoms with Crippen molar-refractivity contribution in [3.05, 3.63) is 28.4 Å². The van der Waals surface area contributed by atoms with Crippen LogP contribution in [-0.4, -0.2) is 72.1 Å². The number of hydrogen-bond donors (Lipinski definition) is 1. The van der Waals surface area contributed by atoms with Crippen LogP contribution in [0.25, 0.3) is 0 Å². The molecule has 0 aromatic carbocycles. The first kappa shape index (κ1) is 18.1. The lowest BCUT2D eigenvalue weighted by Crippen LogP contribution is -2.47. The number of piperidine rings is 2. The Morgan fingerprint density at radius 2 is 2.12 bits per heavy atom. The van der Waals surface area contributed by atoms with Gasteiger partial charge in [0.05, 0.1) is 24.5 Å². The molecule has 2 aliphatic heterocycles. The Morgan fingerprint density at radius 1 is 1.32 bits per heavy atom. The third kappa shape index (κ3) is 4.67. The third-order valence-electron chi connectivity index (χ3n) is 5.39. The van der Waals surface area contributed by atoms with Crippen molar-refractivity contribution in [1.29, 1.82) is 0 Å². The van der Waals surface area contributed by atoms with Crippen molar-refractivity contribution in [2.45, 2.75) is 31.6 Å². The molecule has 0 unspecified atom stereocenters. The average Bonchev–Trinajstić information content (AvgIpc) is 2.66. The lowest BCUT2D eigenvalue weighted by atomic mass is 9.91. The Kier molecular flexibility index (Phi) is 6.20. The van der Waals surface area contributed by atoms with Crippen LogP contribution in [0.1, 0.15) is 37.3 Å². The predicted octanol–water partition coefficient (Wildman–Crippen LogP) is 0.834. The van der Waals surface area contributed by atoms with Crippen LogP contribution < -0.4 is 5.56 Å². The number of aromatic nitrogens is 2. The van der Waals surface area contributed by atoms with E-state index in [2.05, 4.69) is 14.9 Å². The minimum absolute atomic E-state index is 0.109. The monoisotopic (exact) mass is 348 g/mol. The predicted molar refractivity (Wildman–Crippen MR) is 94.5 cm³/mol. The number of nitrogens with zero attached hydrogens (tertiary/aromatic N) is 3. The third-order valence-corrected chi connectivity index (χ3v) is 5.39. The normalized spacial score (nSPS) is 22.9. The maximum absolute atomic E-state index is 12.9. The van der Waals surface area contributed by atoms with E-state index in [1.165, 1.54) is 6.33 Å². The summed E-state index contributed by atoms with van der Waals surface area (Å²) in [6.45, 7) is 5.03. The van der Waals surface area contributed by atoms with Gasteiger partial charge in [0.25, 0.3) is 5.56 Å². The summed E-state index contributed by atoms with van der Waals surface area (Å²) in [4.78, 5) is 35.5. The summed E-state index contributed by atoms with van der Waals surface area (Å²) in [7, 11) is 1.71. The van der Waals surface area contributed by atoms with Crippen molar-refractivity contribution in [3.8, 4) is 0 Å². The number of hydrogen-bond acceptors (Lipinski definition) is 5. The molecule has 7 heteroatoms. The molecule has 2 aliphatic rings. The number of H-pyrrole nitrogens is 1. The highest BCUT2D eigenvalue weighted by molar-refractivity contribution is 5.79. The van der Waals surface area contributed by atoms with E-state index in [1.54, 1.807) is 13.2 Å². The molecule has 2 fully saturated rings. The van der Waals surface area contributed by atoms with Crippen molar-refractivity contribution in [2.24, 2.45) is 5.92 Å². The number of rotatable bonds is 5. The van der Waals surface area contributed by atoms with E-state index in [0.29, 0.717) is 5.91 Å². The molecule has 3 heterocycles. The molecular weight excluding hydrogens is 320 g/mol. The summed E-state index contributed by atoms with van der Waals surface area (Å²) in [5.74, 6) is 0.676. The van der Waals surface area contributed by atoms with Gasteiger partial charge in [0.15, 0.2) is 0 Å². The first-order valence-corrected chi connectivity index (χ1v) is 9.22. The molecular formula is C18H28N4O3. The molecule has 1 atom stereocenters. The molecule has 25 heavy (non-hydrogen) atoms. The summed E-state index contributed by atoms with van der Waals surface area (Å²) in [5, 5.41) is 0. The average molecular weight is 348 g/mol. The van der Waals surface area contributed by atoms with E-state index >= 15 is 0 Å². The summed E-state index contributed by atoms with van der Waals surface area (Å²) in [6, 6.07) is 1.58. The maximum atomic E-state index is 12.9. The molecule has 0 radical (unpaired) electrons. The van der Waals surface area contributed by atoms with E-state index in [0.717, 1.165) is 70.7 Å². The van der Waals surface area contributed by atoms with E-state index in [4.69, 9.17) is 4.74 Å². The molecule has 0 aliphatic carbocycles. The number of carbonyl (C=O) groups excluding carboxylic acids is 1. The second-order valence-electron chi connectivity index (χ2n) is 7.07. The first-order valence-electron chi connectivity index (χ1n) is 9.22. The van der Waals surface area contributed by atoms with Crippen LogP contribution in [0, 0.1) is 5.92 Å². The smallest absolute Gasteiger partial charge is 0.250 e. The van der Waals surface area contributed by atoms with Crippen molar-refractivity contribution >= 4 is 5.91 Å². The van der Waals surface area contributed by atoms with Gasteiger partial charge in [-0.15, -0.1) is 0 Å². The Bertz CT molecular complexity index is 625. The van der Waals surface area contributed by atoms with Crippen molar-refractivity contribution in [3.63, 3.8) is 0 Å². The number of methoxy groups -OCH3 is 1. The fourth-order valence-electron chi connectivity index (χ4n) is 3.94. The zero-order chi connectivity index (χ0) is 17.6. The van der Waals surface area contributed by atoms with Gasteiger partial charge in [0.1, 0.15) is 0 Å². The van der Waals surface area contributed by atoms with Crippen LogP contribution in [0.3, 0.4) is 0 Å². The second-order valence-corrected chi connectivity index (χ2v) is 7.07. The van der Waals surface area contributed by atoms with Gasteiger partial charge >= 0.3 is 0 Å². The van der Waals surface area contributed by atoms with E-state index in [9.17, 15) is 9.59 Å². The molecule has 0 bridgehead atoms. The molecule has 7 nitrogen and oxygen atoms in total. The van der Waals surface area contributed by atoms with Crippen LogP contribution in [0.4, 0.5) is 0 Å². The number of carbonyl (C=O) groups is 1. The summed E-state index contributed by atoms with van der Waals surface area (Å²) >= 11 is 0. The van der Waals surface area contributed by atoms with Crippen LogP contribution >= 0.6 is 0 Å². The number of aromatic amines is 1. The highest BCUT2D eigenvalue weighted by atomic mass is 16.5. The van der Waals surface area contributed by atoms with Crippen LogP contribution in [0.2, 0.25) is 0 Å². The molecule has 138 valence electrons. The van der Waals surface area contributed by atoms with Gasteiger partial charge in [0.2, 0.25) is 5.91 Å². The largest absolute Gasteiger partial charge is 0.383 e. The lowest BCUT2D eigenvalue weighted by molar-refractivity contribution is -0.138. The Labute approximate surface area is 148 Å². The topological polar surface area (TPSA) is 78.5 Å². The molecule has 0 saturated carbocycles. The van der Waals surface area contributed by atoms with Gasteiger partial charge in [-0.25, -0.2) is 4.98 Å². The lowest BCUT2D eigenvalue weighted by Gasteiger charge is -2.37. The van der Waals surface area contributed by atoms with Crippen LogP contribution in [0.5, 0.6) is 0 Å². The number of ether oxygens (including phenoxy) is 1. The van der Waals surface area contributed by atoms with Gasteiger partial charge < -0.3 is 19.5 Å². The summed E-state index contributed by atoms with van der Waals surface area (Å²) in [6.07, 6.45) is 5.28. The Balaban J connectivity index is 1.52. The zero-order valence-electron chi connectivity index (χ0n) is 14.9. The molecule has 1 aromatic rings. The van der Waals surface area contributed by atoms with E-state index in [-0.39, 0.29) is 17.4 Å². The number of nitrogens with one attached hydrogen (secondary N) is 1. The maximum Gasteiger partial charge on any atom is 0.250 e. The fourth-order valence-corrected chi connectivity index (χ4v) is 3.94. The standard InChI is InChI=1S/C18H28N4O3/c1-25-10-9-21-6-2-3-15(12-21)18(24)22-7-4-14(5-8-22)16-11-17(23)20-13-19-16/h11,13-15H,2-10,12H2,1H3,(H,19,20,23)/t15-/m0/s1. The van der Waals surface area contributed by atoms with Crippen LogP contribution in [-0.2, 0) is 9.53 Å². The minimum atomic E-state index is -0.109. The Hall–Kier alpha value is -1.73. The molecule has 1 N–H and O–H groups in total. The van der Waals surface area contributed by atoms with Crippen molar-refractivity contribution < 1.29 is 9.53 Å². The van der Waals surface area contributed by atoms with E-state index < -0.39 is 0 Å². The summed E-state index contributed by atoms with van der Waals surface area (Å²) < 4.78 is 5.15. The highest BCUT2D eigenvalue weighted by Gasteiger charge is 2.31. The molecule has 1 aromatic heterocycles. The van der Waals surface area contributed by atoms with Gasteiger partial charge in [-0.05, 0) is 32.2 Å². The first-order chi connectivity index (χ1) is 12.2. The number of amides is 1.